The molecule has 12 nitrogen and oxygen atoms in total. The highest BCUT2D eigenvalue weighted by Crippen LogP contribution is 2.20. The van der Waals surface area contributed by atoms with E-state index < -0.39 is 0 Å². The molecule has 0 radical (unpaired) electrons. The standard InChI is InChI=1S/C27H50O5.C20H36O5.C9H20O.C5H10O.C5H8.C4H8/c1-4-7-9-11-13-14-16-18-25(28)21-24(22-26(29)31-19-6-3)23-27(30)32-20-17-15-12-10-8-5-2;1-4-5-6-7-8-9-13-24-19(22)15-18(10-12-21)16-20(23)25-14-11-17(2)3;1-3-4-5-6-7-8-9-10-2;1-4(2)5(3)6;1-3-5-4-2;1-3-4-2/h24H,4-23H2,1-3H3;12,17-18H,4-11,13-16H2,1-3H3;3-9H2,1-2H3;4H,1-3H3;3H2,1-2H3;3-4H,1-2H3/b;;;;;4-3-. The maximum atomic E-state index is 12.4. The minimum atomic E-state index is -0.351. The highest BCUT2D eigenvalue weighted by molar-refractivity contribution is 5.81. The van der Waals surface area contributed by atoms with Crippen LogP contribution in [0.5, 0.6) is 0 Å². The van der Waals surface area contributed by atoms with Gasteiger partial charge >= 0.3 is 23.9 Å². The molecule has 0 saturated heterocycles. The second-order valence-electron chi connectivity index (χ2n) is 22.1. The normalized spacial score (nSPS) is 11.0. The second-order valence-corrected chi connectivity index (χ2v) is 22.1. The summed E-state index contributed by atoms with van der Waals surface area (Å²) in [7, 11) is 1.77. The summed E-state index contributed by atoms with van der Waals surface area (Å²) in [6, 6.07) is 0. The molecule has 0 saturated carbocycles. The van der Waals surface area contributed by atoms with Crippen molar-refractivity contribution >= 4 is 41.7 Å². The van der Waals surface area contributed by atoms with E-state index in [0.29, 0.717) is 38.8 Å². The highest BCUT2D eigenvalue weighted by Gasteiger charge is 2.23. The minimum Gasteiger partial charge on any atom is -0.466 e. The Kier molecular flexibility index (Phi) is 84.1. The van der Waals surface area contributed by atoms with E-state index in [1.54, 1.807) is 14.0 Å². The van der Waals surface area contributed by atoms with Gasteiger partial charge in [-0.3, -0.25) is 28.8 Å². The molecule has 0 aliphatic rings. The van der Waals surface area contributed by atoms with Crippen molar-refractivity contribution in [3.05, 3.63) is 12.2 Å². The van der Waals surface area contributed by atoms with E-state index in [1.807, 2.05) is 60.6 Å². The number of unbranched alkanes of at least 4 members (excludes halogenated alkanes) is 21. The van der Waals surface area contributed by atoms with E-state index in [1.165, 1.54) is 122 Å². The van der Waals surface area contributed by atoms with Crippen molar-refractivity contribution in [2.75, 3.05) is 40.1 Å². The molecule has 0 N–H and O–H groups in total. The minimum absolute atomic E-state index is 0.0863. The zero-order valence-corrected chi connectivity index (χ0v) is 56.2. The number of carbonyl (C=O) groups is 7. The number of esters is 4. The molecule has 484 valence electrons. The van der Waals surface area contributed by atoms with Crippen LogP contribution in [0.4, 0.5) is 0 Å². The molecule has 0 fully saturated rings. The Morgan fingerprint density at radius 2 is 0.780 bits per heavy atom. The first-order valence-electron chi connectivity index (χ1n) is 32.9. The maximum absolute atomic E-state index is 12.4. The van der Waals surface area contributed by atoms with Gasteiger partial charge in [-0.05, 0) is 84.0 Å². The molecule has 0 aromatic heterocycles. The summed E-state index contributed by atoms with van der Waals surface area (Å²) < 4.78 is 25.8. The van der Waals surface area contributed by atoms with E-state index in [9.17, 15) is 33.6 Å². The number of ketones is 2. The third-order valence-electron chi connectivity index (χ3n) is 13.0. The summed E-state index contributed by atoms with van der Waals surface area (Å²) in [5.41, 5.74) is 0. The van der Waals surface area contributed by atoms with Gasteiger partial charge in [0.1, 0.15) is 17.9 Å². The summed E-state index contributed by atoms with van der Waals surface area (Å²) in [5.74, 6) is 4.72. The van der Waals surface area contributed by atoms with Crippen LogP contribution in [0.15, 0.2) is 12.2 Å². The number of aldehydes is 1. The lowest BCUT2D eigenvalue weighted by Crippen LogP contribution is -2.20. The molecular formula is C70H132O12. The second kappa shape index (κ2) is 77.2. The lowest BCUT2D eigenvalue weighted by Gasteiger charge is -2.15. The molecule has 2 unspecified atom stereocenters. The molecule has 0 aromatic carbocycles. The zero-order valence-electron chi connectivity index (χ0n) is 56.2. The van der Waals surface area contributed by atoms with E-state index >= 15 is 0 Å². The molecule has 0 aromatic rings. The Hall–Kier alpha value is -3.85. The Bertz CT molecular complexity index is 1450. The molecule has 82 heavy (non-hydrogen) atoms. The monoisotopic (exact) mass is 1160 g/mol. The third kappa shape index (κ3) is 87.4. The van der Waals surface area contributed by atoms with Gasteiger partial charge in [0.2, 0.25) is 0 Å². The van der Waals surface area contributed by atoms with E-state index in [2.05, 4.69) is 53.4 Å². The number of methoxy groups -OCH3 is 1. The first-order valence-corrected chi connectivity index (χ1v) is 32.9. The lowest BCUT2D eigenvalue weighted by molar-refractivity contribution is -0.150. The largest absolute Gasteiger partial charge is 0.466 e. The van der Waals surface area contributed by atoms with Crippen LogP contribution in [0.3, 0.4) is 0 Å². The van der Waals surface area contributed by atoms with E-state index in [-0.39, 0.29) is 91.7 Å². The number of allylic oxidation sites excluding steroid dienone is 2. The molecule has 2 atom stereocenters. The molecule has 12 heteroatoms. The van der Waals surface area contributed by atoms with Gasteiger partial charge in [-0.2, -0.15) is 0 Å². The molecule has 0 heterocycles. The van der Waals surface area contributed by atoms with Gasteiger partial charge < -0.3 is 28.5 Å². The van der Waals surface area contributed by atoms with E-state index in [4.69, 9.17) is 23.7 Å². The van der Waals surface area contributed by atoms with Crippen molar-refractivity contribution < 1.29 is 57.2 Å². The number of carbonyl (C=O) groups excluding carboxylic acids is 7. The van der Waals surface area contributed by atoms with Crippen LogP contribution in [0.25, 0.3) is 0 Å². The first-order chi connectivity index (χ1) is 39.4. The Labute approximate surface area is 506 Å². The topological polar surface area (TPSA) is 166 Å². The number of rotatable bonds is 47. The van der Waals surface area contributed by atoms with Crippen molar-refractivity contribution in [3.8, 4) is 11.8 Å². The Morgan fingerprint density at radius 1 is 0.439 bits per heavy atom. The zero-order chi connectivity index (χ0) is 63.1. The average Bonchev–Trinajstić information content (AvgIpc) is 3.43. The summed E-state index contributed by atoms with van der Waals surface area (Å²) in [6.07, 6.45) is 38.5. The molecule has 0 amide bonds. The fourth-order valence-corrected chi connectivity index (χ4v) is 7.44. The first kappa shape index (κ1) is 89.4. The smallest absolute Gasteiger partial charge is 0.306 e. The van der Waals surface area contributed by atoms with E-state index in [0.717, 1.165) is 70.7 Å². The lowest BCUT2D eigenvalue weighted by atomic mass is 9.93. The molecular weight excluding hydrogens is 1030 g/mol. The summed E-state index contributed by atoms with van der Waals surface area (Å²) in [6.45, 7) is 30.7. The van der Waals surface area contributed by atoms with Gasteiger partial charge in [-0.25, -0.2) is 0 Å². The van der Waals surface area contributed by atoms with Crippen LogP contribution in [-0.4, -0.2) is 81.9 Å². The highest BCUT2D eigenvalue weighted by atomic mass is 16.5. The van der Waals surface area contributed by atoms with Gasteiger partial charge in [0, 0.05) is 71.0 Å². The van der Waals surface area contributed by atoms with Crippen molar-refractivity contribution in [2.45, 2.75) is 322 Å². The van der Waals surface area contributed by atoms with Gasteiger partial charge in [0.15, 0.2) is 0 Å². The predicted octanol–water partition coefficient (Wildman–Crippen LogP) is 19.0. The summed E-state index contributed by atoms with van der Waals surface area (Å²) in [4.78, 5) is 81.3. The predicted molar refractivity (Wildman–Crippen MR) is 344 cm³/mol. The number of ether oxygens (including phenoxy) is 5. The molecule has 0 rings (SSSR count). The van der Waals surface area contributed by atoms with Crippen molar-refractivity contribution in [2.24, 2.45) is 23.7 Å². The van der Waals surface area contributed by atoms with Crippen molar-refractivity contribution in [1.29, 1.82) is 0 Å². The van der Waals surface area contributed by atoms with Gasteiger partial charge in [-0.15, -0.1) is 11.8 Å². The third-order valence-corrected chi connectivity index (χ3v) is 13.0. The van der Waals surface area contributed by atoms with Crippen LogP contribution in [0.1, 0.15) is 322 Å². The molecule has 0 aliphatic carbocycles. The number of hydrogen-bond donors (Lipinski definition) is 0. The van der Waals surface area contributed by atoms with Crippen LogP contribution in [-0.2, 0) is 57.2 Å². The average molecular weight is 1170 g/mol. The SMILES string of the molecule is C/C=C\C.CC#CCC.CC(=O)C(C)C.CCCCCCCCCC(=O)CC(CC(=O)OCCC)CC(=O)OCCCCCCCC.CCCCCCCCOC.CCCCCCCCOC(=O)CC(CC=O)CC(=O)OCCC(C)C. The maximum Gasteiger partial charge on any atom is 0.306 e. The van der Waals surface area contributed by atoms with Crippen LogP contribution in [0, 0.1) is 35.5 Å². The summed E-state index contributed by atoms with van der Waals surface area (Å²) in [5, 5.41) is 0. The van der Waals surface area contributed by atoms with Crippen LogP contribution < -0.4 is 0 Å². The molecule has 0 spiro atoms. The number of Topliss-reactive ketones (excluding diaryl/α,β-unsaturated/α-hetero) is 2. The van der Waals surface area contributed by atoms with Gasteiger partial charge in [0.05, 0.1) is 26.4 Å². The number of hydrogen-bond acceptors (Lipinski definition) is 12. The Balaban J connectivity index is -0.000000251. The quantitative estimate of drug-likeness (QED) is 0.0142. The van der Waals surface area contributed by atoms with Gasteiger partial charge in [-0.1, -0.05) is 216 Å². The molecule has 0 bridgehead atoms. The van der Waals surface area contributed by atoms with Crippen LogP contribution >= 0.6 is 0 Å². The fourth-order valence-electron chi connectivity index (χ4n) is 7.44. The Morgan fingerprint density at radius 3 is 1.09 bits per heavy atom. The van der Waals surface area contributed by atoms with Gasteiger partial charge in [0.25, 0.3) is 0 Å². The fraction of sp³-hybridized carbons (Fsp3) is 0.843. The van der Waals surface area contributed by atoms with Crippen molar-refractivity contribution in [1.82, 2.24) is 0 Å². The molecule has 0 aliphatic heterocycles. The van der Waals surface area contributed by atoms with Crippen molar-refractivity contribution in [3.63, 3.8) is 0 Å². The summed E-state index contributed by atoms with van der Waals surface area (Å²) >= 11 is 0. The van der Waals surface area contributed by atoms with Crippen LogP contribution in [0.2, 0.25) is 0 Å².